The van der Waals surface area contributed by atoms with Crippen molar-refractivity contribution in [2.24, 2.45) is 32.5 Å². The van der Waals surface area contributed by atoms with Crippen LogP contribution in [0.1, 0.15) is 190 Å². The van der Waals surface area contributed by atoms with Gasteiger partial charge in [0.05, 0.1) is 12.2 Å². The third kappa shape index (κ3) is 22.6. The molecule has 0 amide bonds. The highest BCUT2D eigenvalue weighted by atomic mass is 16.3. The van der Waals surface area contributed by atoms with E-state index in [9.17, 15) is 29.4 Å². The number of allylic oxidation sites excluding steroid dienone is 40. The van der Waals surface area contributed by atoms with E-state index in [1.54, 1.807) is 12.2 Å². The highest BCUT2D eigenvalue weighted by molar-refractivity contribution is 5.98. The average molecular weight is 1170 g/mol. The van der Waals surface area contributed by atoms with E-state index < -0.39 is 23.0 Å². The quantitative estimate of drug-likeness (QED) is 0.0826. The monoisotopic (exact) mass is 1160 g/mol. The summed E-state index contributed by atoms with van der Waals surface area (Å²) < 4.78 is 0. The molecule has 0 radical (unpaired) electrons. The molecule has 6 heteroatoms. The molecule has 0 spiro atoms. The Morgan fingerprint density at radius 1 is 0.360 bits per heavy atom. The van der Waals surface area contributed by atoms with Gasteiger partial charge < -0.3 is 10.2 Å². The molecule has 2 N–H and O–H groups in total. The molecule has 0 aromatic carbocycles. The lowest BCUT2D eigenvalue weighted by Crippen LogP contribution is -2.36. The van der Waals surface area contributed by atoms with Crippen molar-refractivity contribution in [1.29, 1.82) is 0 Å². The van der Waals surface area contributed by atoms with E-state index in [0.29, 0.717) is 38.5 Å². The normalized spacial score (nSPS) is 26.0. The first-order valence-corrected chi connectivity index (χ1v) is 31.1. The molecule has 6 nitrogen and oxygen atoms in total. The highest BCUT2D eigenvalue weighted by Gasteiger charge is 2.54. The topological polar surface area (TPSA) is 109 Å². The van der Waals surface area contributed by atoms with Crippen LogP contribution in [0.5, 0.6) is 0 Å². The van der Waals surface area contributed by atoms with Crippen molar-refractivity contribution in [1.82, 2.24) is 0 Å². The minimum Gasteiger partial charge on any atom is -0.393 e. The lowest BCUT2D eigenvalue weighted by atomic mass is 9.66. The molecule has 2 saturated carbocycles. The number of ketones is 4. The standard InChI is InChI=1S/C40H56O4.C40H52O2/c1-29(17-13-19-31(3)21-23-35(43)39(9)27-33(41)25-37(39,5)6)15-11-12-16-30(2)18-14-20-32(4)22-24-36(44)40(10)28-34(42)26-38(40,7)8;1-29(17-13-19-31(3)21-23-35-33(5)37(41)25-27-39(35,7)8)15-11-12-16-30(2)18-14-20-32(4)22-24-36-34(6)38(42)26-28-40(36,9)10/h11-24,33-34,41-42H,25-28H2,1-10H3;11-24H,25-28H2,1-10H3/b2*12-11+,17-13+,18-14+,23-21+,24-22+,29-15+,30-16+,31-19+,32-20+/t33-,34-,39-,40-;/m0./s1. The molecule has 0 heterocycles. The van der Waals surface area contributed by atoms with E-state index >= 15 is 0 Å². The summed E-state index contributed by atoms with van der Waals surface area (Å²) in [6.07, 6.45) is 61.0. The summed E-state index contributed by atoms with van der Waals surface area (Å²) in [5, 5.41) is 20.2. The van der Waals surface area contributed by atoms with Crippen molar-refractivity contribution in [3.05, 3.63) is 237 Å². The zero-order valence-electron chi connectivity index (χ0n) is 56.5. The van der Waals surface area contributed by atoms with Crippen LogP contribution in [0.25, 0.3) is 0 Å². The van der Waals surface area contributed by atoms with Gasteiger partial charge in [0.15, 0.2) is 23.1 Å². The molecule has 0 aromatic heterocycles. The van der Waals surface area contributed by atoms with Gasteiger partial charge in [-0.3, -0.25) is 19.2 Å². The van der Waals surface area contributed by atoms with Crippen LogP contribution in [0, 0.1) is 32.5 Å². The molecule has 0 bridgehead atoms. The number of aliphatic hydroxyl groups excluding tert-OH is 2. The van der Waals surface area contributed by atoms with Gasteiger partial charge >= 0.3 is 0 Å². The van der Waals surface area contributed by atoms with E-state index in [2.05, 4.69) is 168 Å². The summed E-state index contributed by atoms with van der Waals surface area (Å²) in [6, 6.07) is 0. The van der Waals surface area contributed by atoms with E-state index in [1.165, 1.54) is 0 Å². The Bertz CT molecular complexity index is 2930. The van der Waals surface area contributed by atoms with Gasteiger partial charge in [-0.15, -0.1) is 0 Å². The van der Waals surface area contributed by atoms with Crippen LogP contribution < -0.4 is 0 Å². The molecular weight excluding hydrogens is 1060 g/mol. The Labute approximate surface area is 521 Å². The van der Waals surface area contributed by atoms with Gasteiger partial charge in [0, 0.05) is 23.7 Å². The second-order valence-corrected chi connectivity index (χ2v) is 27.8. The predicted molar refractivity (Wildman–Crippen MR) is 367 cm³/mol. The third-order valence-electron chi connectivity index (χ3n) is 18.5. The Morgan fingerprint density at radius 2 is 0.605 bits per heavy atom. The summed E-state index contributed by atoms with van der Waals surface area (Å²) in [7, 11) is 0. The lowest BCUT2D eigenvalue weighted by molar-refractivity contribution is -0.128. The Morgan fingerprint density at radius 3 is 0.860 bits per heavy atom. The first-order valence-electron chi connectivity index (χ1n) is 31.1. The fraction of sp³-hybridized carbons (Fsp3) is 0.450. The molecule has 4 atom stereocenters. The molecule has 86 heavy (non-hydrogen) atoms. The number of carbonyl (C=O) groups is 4. The minimum absolute atomic E-state index is 0.0404. The Balaban J connectivity index is 0.000000451. The van der Waals surface area contributed by atoms with Gasteiger partial charge in [0.25, 0.3) is 0 Å². The summed E-state index contributed by atoms with van der Waals surface area (Å²) in [4.78, 5) is 50.2. The van der Waals surface area contributed by atoms with Crippen molar-refractivity contribution < 1.29 is 29.4 Å². The highest BCUT2D eigenvalue weighted by Crippen LogP contribution is 2.54. The van der Waals surface area contributed by atoms with E-state index in [4.69, 9.17) is 0 Å². The minimum atomic E-state index is -0.542. The first-order chi connectivity index (χ1) is 40.0. The second-order valence-electron chi connectivity index (χ2n) is 27.8. The van der Waals surface area contributed by atoms with Gasteiger partial charge in [-0.25, -0.2) is 0 Å². The fourth-order valence-corrected chi connectivity index (χ4v) is 11.5. The Hall–Kier alpha value is -6.60. The molecule has 0 aliphatic heterocycles. The van der Waals surface area contributed by atoms with E-state index in [1.807, 2.05) is 128 Å². The summed E-state index contributed by atoms with van der Waals surface area (Å²) in [5.41, 5.74) is 11.5. The average Bonchev–Trinajstić information content (AvgIpc) is 1.78. The van der Waals surface area contributed by atoms with Crippen molar-refractivity contribution in [3.8, 4) is 0 Å². The van der Waals surface area contributed by atoms with Crippen LogP contribution in [0.15, 0.2) is 237 Å². The fourth-order valence-electron chi connectivity index (χ4n) is 11.5. The van der Waals surface area contributed by atoms with Crippen LogP contribution in [-0.2, 0) is 19.2 Å². The van der Waals surface area contributed by atoms with Gasteiger partial charge in [-0.2, -0.15) is 0 Å². The lowest BCUT2D eigenvalue weighted by Gasteiger charge is -2.35. The van der Waals surface area contributed by atoms with Gasteiger partial charge in [-0.1, -0.05) is 272 Å². The van der Waals surface area contributed by atoms with E-state index in [-0.39, 0.29) is 44.8 Å². The molecule has 0 unspecified atom stereocenters. The summed E-state index contributed by atoms with van der Waals surface area (Å²) in [5.74, 6) is 0.691. The van der Waals surface area contributed by atoms with Gasteiger partial charge in [0.2, 0.25) is 0 Å². The first kappa shape index (κ1) is 73.7. The number of rotatable bonds is 22. The third-order valence-corrected chi connectivity index (χ3v) is 18.5. The van der Waals surface area contributed by atoms with Crippen molar-refractivity contribution in [2.75, 3.05) is 0 Å². The maximum absolute atomic E-state index is 12.9. The molecular formula is C80H108O6. The summed E-state index contributed by atoms with van der Waals surface area (Å²) in [6.45, 7) is 41.3. The SMILES string of the molecule is CC(/C=C/C=C(C)/C=C/C(=O)[C@]1(C)C[C@@H](O)CC1(C)C)=C\C=C\C=C(C)\C=C\C=C(C)\C=C\C(=O)[C@]1(C)C[C@@H](O)CC1(C)C.CC1=C(/C=C/C(C)=C/C=C/C(C)=C/C=C/C=C(C)/C=C/C=C(C)/C=C/C2=C(C)C(=O)CCC2(C)C)C(C)(C)CCC1=O. The smallest absolute Gasteiger partial charge is 0.162 e. The van der Waals surface area contributed by atoms with Gasteiger partial charge in [0.1, 0.15) is 0 Å². The van der Waals surface area contributed by atoms with Crippen molar-refractivity contribution in [2.45, 2.75) is 202 Å². The summed E-state index contributed by atoms with van der Waals surface area (Å²) >= 11 is 0. The zero-order chi connectivity index (χ0) is 64.8. The predicted octanol–water partition coefficient (Wildman–Crippen LogP) is 20.0. The van der Waals surface area contributed by atoms with Crippen LogP contribution >= 0.6 is 0 Å². The largest absolute Gasteiger partial charge is 0.393 e. The van der Waals surface area contributed by atoms with Crippen LogP contribution in [-0.4, -0.2) is 45.6 Å². The Kier molecular flexibility index (Phi) is 28.2. The van der Waals surface area contributed by atoms with Crippen LogP contribution in [0.3, 0.4) is 0 Å². The molecule has 0 saturated heterocycles. The number of hydrogen-bond acceptors (Lipinski definition) is 6. The molecule has 4 rings (SSSR count). The van der Waals surface area contributed by atoms with Gasteiger partial charge in [-0.05, 0) is 164 Å². The molecule has 4 aliphatic carbocycles. The maximum atomic E-state index is 12.9. The number of Topliss-reactive ketones (excluding diaryl/α,β-unsaturated/α-hetero) is 2. The number of carbonyl (C=O) groups excluding carboxylic acids is 4. The maximum Gasteiger partial charge on any atom is 0.162 e. The molecule has 4 aliphatic rings. The molecule has 0 aromatic rings. The van der Waals surface area contributed by atoms with E-state index in [0.717, 1.165) is 79.7 Å². The molecule has 2 fully saturated rings. The zero-order valence-corrected chi connectivity index (χ0v) is 56.5. The van der Waals surface area contributed by atoms with Crippen LogP contribution in [0.2, 0.25) is 0 Å². The van der Waals surface area contributed by atoms with Crippen molar-refractivity contribution >= 4 is 23.1 Å². The van der Waals surface area contributed by atoms with Crippen LogP contribution in [0.4, 0.5) is 0 Å². The molecule has 464 valence electrons. The number of hydrogen-bond donors (Lipinski definition) is 2. The number of aliphatic hydroxyl groups is 2. The second kappa shape index (κ2) is 32.9. The van der Waals surface area contributed by atoms with Crippen molar-refractivity contribution in [3.63, 3.8) is 0 Å².